The molecule has 116 valence electrons. The van der Waals surface area contributed by atoms with Gasteiger partial charge in [-0.1, -0.05) is 30.3 Å². The molecule has 5 heteroatoms. The van der Waals surface area contributed by atoms with Gasteiger partial charge in [-0.2, -0.15) is 0 Å². The fourth-order valence-corrected chi connectivity index (χ4v) is 2.26. The van der Waals surface area contributed by atoms with Crippen LogP contribution in [0.4, 0.5) is 5.69 Å². The van der Waals surface area contributed by atoms with Gasteiger partial charge in [0.15, 0.2) is 6.61 Å². The topological polar surface area (TPSA) is 67.0 Å². The predicted octanol–water partition coefficient (Wildman–Crippen LogP) is 3.40. The summed E-state index contributed by atoms with van der Waals surface area (Å²) in [7, 11) is 0. The van der Waals surface area contributed by atoms with Gasteiger partial charge in [-0.15, -0.1) is 0 Å². The summed E-state index contributed by atoms with van der Waals surface area (Å²) in [4.78, 5) is 19.3. The first-order valence-electron chi connectivity index (χ1n) is 7.30. The summed E-state index contributed by atoms with van der Waals surface area (Å²) in [6.45, 7) is 1.93. The second kappa shape index (κ2) is 6.79. The Hall–Kier alpha value is -3.08. The smallest absolute Gasteiger partial charge is 0.262 e. The largest absolute Gasteiger partial charge is 0.484 e. The number of imidazole rings is 1. The fourth-order valence-electron chi connectivity index (χ4n) is 2.26. The molecule has 0 saturated carbocycles. The van der Waals surface area contributed by atoms with Crippen LogP contribution < -0.4 is 10.1 Å². The van der Waals surface area contributed by atoms with E-state index < -0.39 is 0 Å². The van der Waals surface area contributed by atoms with Gasteiger partial charge < -0.3 is 15.0 Å². The molecule has 0 aliphatic rings. The van der Waals surface area contributed by atoms with Gasteiger partial charge in [0.1, 0.15) is 5.75 Å². The number of aryl methyl sites for hydroxylation is 1. The van der Waals surface area contributed by atoms with Crippen molar-refractivity contribution in [3.05, 3.63) is 66.6 Å². The van der Waals surface area contributed by atoms with Crippen LogP contribution in [0.1, 0.15) is 5.69 Å². The van der Waals surface area contributed by atoms with E-state index in [1.165, 1.54) is 0 Å². The average Bonchev–Trinajstić information content (AvgIpc) is 3.00. The van der Waals surface area contributed by atoms with Crippen LogP contribution in [0, 0.1) is 6.92 Å². The minimum atomic E-state index is -0.204. The van der Waals surface area contributed by atoms with Crippen LogP contribution in [0.15, 0.2) is 60.9 Å². The highest BCUT2D eigenvalue weighted by molar-refractivity contribution is 5.92. The van der Waals surface area contributed by atoms with Crippen molar-refractivity contribution in [3.63, 3.8) is 0 Å². The predicted molar refractivity (Wildman–Crippen MR) is 89.3 cm³/mol. The quantitative estimate of drug-likeness (QED) is 0.759. The number of ether oxygens (including phenoxy) is 1. The van der Waals surface area contributed by atoms with E-state index in [-0.39, 0.29) is 12.5 Å². The van der Waals surface area contributed by atoms with E-state index in [4.69, 9.17) is 4.74 Å². The van der Waals surface area contributed by atoms with E-state index in [9.17, 15) is 4.79 Å². The Morgan fingerprint density at radius 3 is 2.74 bits per heavy atom. The number of aromatic nitrogens is 2. The maximum absolute atomic E-state index is 12.0. The van der Waals surface area contributed by atoms with E-state index in [2.05, 4.69) is 15.3 Å². The highest BCUT2D eigenvalue weighted by atomic mass is 16.5. The van der Waals surface area contributed by atoms with Crippen molar-refractivity contribution in [3.8, 4) is 17.0 Å². The molecule has 5 nitrogen and oxygen atoms in total. The van der Waals surface area contributed by atoms with E-state index >= 15 is 0 Å². The first kappa shape index (κ1) is 14.8. The van der Waals surface area contributed by atoms with Gasteiger partial charge >= 0.3 is 0 Å². The molecule has 0 unspecified atom stereocenters. The van der Waals surface area contributed by atoms with Crippen molar-refractivity contribution < 1.29 is 9.53 Å². The number of anilines is 1. The Morgan fingerprint density at radius 2 is 2.00 bits per heavy atom. The van der Waals surface area contributed by atoms with E-state index in [1.54, 1.807) is 6.33 Å². The molecular formula is C18H17N3O2. The number of carbonyl (C=O) groups excluding carboxylic acids is 1. The molecule has 0 aliphatic heterocycles. The van der Waals surface area contributed by atoms with Crippen molar-refractivity contribution in [1.82, 2.24) is 9.97 Å². The van der Waals surface area contributed by atoms with Crippen LogP contribution in [-0.4, -0.2) is 22.5 Å². The SMILES string of the molecule is Cc1[nH]cnc1-c1cccc(NC(=O)COc2ccccc2)c1. The minimum Gasteiger partial charge on any atom is -0.484 e. The average molecular weight is 307 g/mol. The lowest BCUT2D eigenvalue weighted by atomic mass is 10.1. The molecule has 0 atom stereocenters. The summed E-state index contributed by atoms with van der Waals surface area (Å²) < 4.78 is 5.43. The Morgan fingerprint density at radius 1 is 1.17 bits per heavy atom. The monoisotopic (exact) mass is 307 g/mol. The number of rotatable bonds is 5. The molecule has 0 bridgehead atoms. The summed E-state index contributed by atoms with van der Waals surface area (Å²) in [5, 5.41) is 2.83. The molecular weight excluding hydrogens is 290 g/mol. The molecule has 0 radical (unpaired) electrons. The van der Waals surface area contributed by atoms with Gasteiger partial charge in [-0.3, -0.25) is 4.79 Å². The maximum Gasteiger partial charge on any atom is 0.262 e. The number of hydrogen-bond donors (Lipinski definition) is 2. The van der Waals surface area contributed by atoms with Crippen molar-refractivity contribution in [2.45, 2.75) is 6.92 Å². The number of carbonyl (C=O) groups is 1. The highest BCUT2D eigenvalue weighted by Gasteiger charge is 2.07. The third-order valence-electron chi connectivity index (χ3n) is 3.36. The van der Waals surface area contributed by atoms with Gasteiger partial charge in [0.05, 0.1) is 12.0 Å². The molecule has 0 saturated heterocycles. The lowest BCUT2D eigenvalue weighted by Gasteiger charge is -2.08. The zero-order valence-electron chi connectivity index (χ0n) is 12.7. The third-order valence-corrected chi connectivity index (χ3v) is 3.36. The van der Waals surface area contributed by atoms with Gasteiger partial charge in [0.25, 0.3) is 5.91 Å². The Balaban J connectivity index is 1.64. The van der Waals surface area contributed by atoms with Gasteiger partial charge in [0, 0.05) is 16.9 Å². The number of nitrogens with one attached hydrogen (secondary N) is 2. The molecule has 2 aromatic carbocycles. The normalized spacial score (nSPS) is 10.3. The lowest BCUT2D eigenvalue weighted by Crippen LogP contribution is -2.20. The summed E-state index contributed by atoms with van der Waals surface area (Å²) >= 11 is 0. The van der Waals surface area contributed by atoms with Crippen molar-refractivity contribution >= 4 is 11.6 Å². The Kier molecular flexibility index (Phi) is 4.38. The number of hydrogen-bond acceptors (Lipinski definition) is 3. The Bertz CT molecular complexity index is 797. The van der Waals surface area contributed by atoms with E-state index in [1.807, 2.05) is 61.5 Å². The summed E-state index contributed by atoms with van der Waals surface area (Å²) in [5.74, 6) is 0.466. The molecule has 3 aromatic rings. The third kappa shape index (κ3) is 3.77. The molecule has 3 rings (SSSR count). The minimum absolute atomic E-state index is 0.0321. The molecule has 2 N–H and O–H groups in total. The van der Waals surface area contributed by atoms with Crippen molar-refractivity contribution in [2.75, 3.05) is 11.9 Å². The van der Waals surface area contributed by atoms with Crippen LogP contribution in [0.5, 0.6) is 5.75 Å². The first-order chi connectivity index (χ1) is 11.2. The number of aromatic amines is 1. The van der Waals surface area contributed by atoms with E-state index in [0.717, 1.165) is 17.0 Å². The molecule has 1 heterocycles. The second-order valence-electron chi connectivity index (χ2n) is 5.11. The molecule has 1 aromatic heterocycles. The van der Waals surface area contributed by atoms with Gasteiger partial charge in [-0.05, 0) is 31.2 Å². The van der Waals surface area contributed by atoms with Crippen LogP contribution >= 0.6 is 0 Å². The number of benzene rings is 2. The summed E-state index contributed by atoms with van der Waals surface area (Å²) in [6.07, 6.45) is 1.66. The molecule has 0 fully saturated rings. The van der Waals surface area contributed by atoms with Gasteiger partial charge in [0.2, 0.25) is 0 Å². The summed E-state index contributed by atoms with van der Waals surface area (Å²) in [6, 6.07) is 16.8. The molecule has 1 amide bonds. The standard InChI is InChI=1S/C18H17N3O2/c1-13-18(20-12-19-13)14-6-5-7-15(10-14)21-17(22)11-23-16-8-3-2-4-9-16/h2-10,12H,11H2,1H3,(H,19,20)(H,21,22). The number of para-hydroxylation sites is 1. The molecule has 23 heavy (non-hydrogen) atoms. The van der Waals surface area contributed by atoms with Crippen LogP contribution in [-0.2, 0) is 4.79 Å². The summed E-state index contributed by atoms with van der Waals surface area (Å²) in [5.41, 5.74) is 3.53. The zero-order valence-corrected chi connectivity index (χ0v) is 12.7. The van der Waals surface area contributed by atoms with Crippen molar-refractivity contribution in [1.29, 1.82) is 0 Å². The molecule has 0 spiro atoms. The van der Waals surface area contributed by atoms with Gasteiger partial charge in [-0.25, -0.2) is 4.98 Å². The van der Waals surface area contributed by atoms with Crippen LogP contribution in [0.3, 0.4) is 0 Å². The zero-order chi connectivity index (χ0) is 16.1. The van der Waals surface area contributed by atoms with Crippen LogP contribution in [0.25, 0.3) is 11.3 Å². The second-order valence-corrected chi connectivity index (χ2v) is 5.11. The van der Waals surface area contributed by atoms with Crippen molar-refractivity contribution in [2.24, 2.45) is 0 Å². The number of H-pyrrole nitrogens is 1. The highest BCUT2D eigenvalue weighted by Crippen LogP contribution is 2.22. The fraction of sp³-hybridized carbons (Fsp3) is 0.111. The maximum atomic E-state index is 12.0. The lowest BCUT2D eigenvalue weighted by molar-refractivity contribution is -0.118. The Labute approximate surface area is 134 Å². The molecule has 0 aliphatic carbocycles. The number of nitrogens with zero attached hydrogens (tertiary/aromatic N) is 1. The van der Waals surface area contributed by atoms with Crippen LogP contribution in [0.2, 0.25) is 0 Å². The first-order valence-corrected chi connectivity index (χ1v) is 7.30. The number of amides is 1. The van der Waals surface area contributed by atoms with E-state index in [0.29, 0.717) is 11.4 Å².